The number of alkyl halides is 1. The highest BCUT2D eigenvalue weighted by atomic mass is 35.5. The molecule has 1 saturated carbocycles. The van der Waals surface area contributed by atoms with Crippen LogP contribution in [-0.4, -0.2) is 22.7 Å². The normalized spacial score (nSPS) is 41.1. The van der Waals surface area contributed by atoms with Crippen LogP contribution in [0.5, 0.6) is 0 Å². The van der Waals surface area contributed by atoms with Crippen molar-refractivity contribution < 1.29 is 9.59 Å². The molecule has 2 N–H and O–H groups in total. The van der Waals surface area contributed by atoms with Crippen LogP contribution in [0.15, 0.2) is 22.9 Å². The standard InChI is InChI=1S/C16H20Cl2N2O2/c1-8(21)16(18)12(7-17)19-14(22)20-13(16)10-5-4-9-6-11(10)15(9,2)3/h5,7,9,11,13H,4,6H2,1-3H3,(H2,19,20,22)/b12-7-/t9-,11-,13?,16?/m0/s1. The van der Waals surface area contributed by atoms with Crippen LogP contribution in [0, 0.1) is 17.3 Å². The minimum atomic E-state index is -1.38. The number of hydrogen-bond donors (Lipinski definition) is 2. The second-order valence-electron chi connectivity index (χ2n) is 7.07. The Morgan fingerprint density at radius 2 is 2.14 bits per heavy atom. The summed E-state index contributed by atoms with van der Waals surface area (Å²) in [5.74, 6) is 0.770. The van der Waals surface area contributed by atoms with Crippen LogP contribution < -0.4 is 10.6 Å². The molecule has 0 aromatic heterocycles. The van der Waals surface area contributed by atoms with E-state index in [0.29, 0.717) is 11.8 Å². The van der Waals surface area contributed by atoms with Crippen molar-refractivity contribution in [1.29, 1.82) is 0 Å². The smallest absolute Gasteiger partial charge is 0.319 e. The molecule has 0 aromatic carbocycles. The molecular weight excluding hydrogens is 323 g/mol. The highest BCUT2D eigenvalue weighted by molar-refractivity contribution is 6.40. The Labute approximate surface area is 140 Å². The quantitative estimate of drug-likeness (QED) is 0.597. The summed E-state index contributed by atoms with van der Waals surface area (Å²) in [6, 6.07) is -0.939. The van der Waals surface area contributed by atoms with Gasteiger partial charge < -0.3 is 10.6 Å². The Hall–Kier alpha value is -1.00. The molecule has 1 aliphatic heterocycles. The summed E-state index contributed by atoms with van der Waals surface area (Å²) >= 11 is 12.5. The zero-order valence-electron chi connectivity index (χ0n) is 12.9. The first-order valence-corrected chi connectivity index (χ1v) is 8.32. The molecule has 3 aliphatic carbocycles. The molecule has 120 valence electrons. The zero-order valence-corrected chi connectivity index (χ0v) is 14.4. The van der Waals surface area contributed by atoms with Crippen LogP contribution >= 0.6 is 23.2 Å². The van der Waals surface area contributed by atoms with E-state index in [-0.39, 0.29) is 22.9 Å². The van der Waals surface area contributed by atoms with Crippen LogP contribution in [0.3, 0.4) is 0 Å². The predicted octanol–water partition coefficient (Wildman–Crippen LogP) is 3.31. The van der Waals surface area contributed by atoms with Gasteiger partial charge >= 0.3 is 6.03 Å². The summed E-state index contributed by atoms with van der Waals surface area (Å²) in [4.78, 5) is 22.9. The molecule has 1 saturated heterocycles. The van der Waals surface area contributed by atoms with Gasteiger partial charge in [-0.1, -0.05) is 31.5 Å². The first-order valence-electron chi connectivity index (χ1n) is 7.51. The van der Waals surface area contributed by atoms with Crippen molar-refractivity contribution in [3.8, 4) is 0 Å². The van der Waals surface area contributed by atoms with Gasteiger partial charge in [0, 0.05) is 5.54 Å². The number of amides is 2. The van der Waals surface area contributed by atoms with E-state index < -0.39 is 10.9 Å². The lowest BCUT2D eigenvalue weighted by Gasteiger charge is -2.59. The van der Waals surface area contributed by atoms with Crippen molar-refractivity contribution in [1.82, 2.24) is 10.6 Å². The maximum Gasteiger partial charge on any atom is 0.319 e. The Morgan fingerprint density at radius 3 is 2.64 bits per heavy atom. The molecule has 2 amide bonds. The minimum Gasteiger partial charge on any atom is -0.329 e. The lowest BCUT2D eigenvalue weighted by molar-refractivity contribution is -0.119. The lowest BCUT2D eigenvalue weighted by Crippen LogP contribution is -2.67. The number of nitrogens with one attached hydrogen (secondary N) is 2. The number of urea groups is 1. The number of ketones is 1. The SMILES string of the molecule is CC(=O)C1(Cl)/C(=C/Cl)NC(=O)NC1C1=CC[C@H]2C[C@@H]1C2(C)C. The van der Waals surface area contributed by atoms with Gasteiger partial charge in [-0.2, -0.15) is 0 Å². The van der Waals surface area contributed by atoms with Gasteiger partial charge in [0.25, 0.3) is 0 Å². The highest BCUT2D eigenvalue weighted by Gasteiger charge is 2.58. The summed E-state index contributed by atoms with van der Waals surface area (Å²) in [5, 5.41) is 5.40. The molecule has 0 spiro atoms. The van der Waals surface area contributed by atoms with E-state index in [4.69, 9.17) is 23.2 Å². The third-order valence-corrected chi connectivity index (χ3v) is 6.69. The molecule has 4 nitrogen and oxygen atoms in total. The van der Waals surface area contributed by atoms with Crippen LogP contribution in [0.25, 0.3) is 0 Å². The first-order chi connectivity index (χ1) is 10.2. The number of carbonyl (C=O) groups is 2. The molecule has 4 atom stereocenters. The van der Waals surface area contributed by atoms with Gasteiger partial charge in [0.15, 0.2) is 10.7 Å². The van der Waals surface area contributed by atoms with Crippen LogP contribution in [-0.2, 0) is 4.79 Å². The molecule has 4 rings (SSSR count). The zero-order chi connectivity index (χ0) is 16.3. The largest absolute Gasteiger partial charge is 0.329 e. The van der Waals surface area contributed by atoms with Gasteiger partial charge in [-0.15, -0.1) is 11.6 Å². The third-order valence-electron chi connectivity index (χ3n) is 5.78. The van der Waals surface area contributed by atoms with Crippen LogP contribution in [0.2, 0.25) is 0 Å². The number of allylic oxidation sites excluding steroid dienone is 1. The molecule has 2 unspecified atom stereocenters. The van der Waals surface area contributed by atoms with Gasteiger partial charge in [0.2, 0.25) is 0 Å². The van der Waals surface area contributed by atoms with Gasteiger partial charge in [0.1, 0.15) is 0 Å². The number of Topliss-reactive ketones (excluding diaryl/α,β-unsaturated/α-hetero) is 1. The van der Waals surface area contributed by atoms with E-state index in [2.05, 4.69) is 30.6 Å². The average Bonchev–Trinajstić information content (AvgIpc) is 2.48. The van der Waals surface area contributed by atoms with Crippen molar-refractivity contribution in [3.05, 3.63) is 22.9 Å². The van der Waals surface area contributed by atoms with Crippen molar-refractivity contribution in [2.45, 2.75) is 44.5 Å². The Morgan fingerprint density at radius 1 is 1.45 bits per heavy atom. The number of fused-ring (bicyclic) bond motifs is 1. The molecule has 0 aromatic rings. The van der Waals surface area contributed by atoms with Crippen molar-refractivity contribution in [2.24, 2.45) is 17.3 Å². The molecule has 2 fully saturated rings. The number of halogens is 2. The third kappa shape index (κ3) is 1.96. The Bertz CT molecular complexity index is 611. The number of rotatable bonds is 2. The fraction of sp³-hybridized carbons (Fsp3) is 0.625. The summed E-state index contributed by atoms with van der Waals surface area (Å²) < 4.78 is 0. The second kappa shape index (κ2) is 5.00. The number of hydrogen-bond acceptors (Lipinski definition) is 2. The van der Waals surface area contributed by atoms with Crippen molar-refractivity contribution in [3.63, 3.8) is 0 Å². The summed E-state index contributed by atoms with van der Waals surface area (Å²) in [6.07, 6.45) is 4.19. The Balaban J connectivity index is 2.05. The molecule has 0 radical (unpaired) electrons. The minimum absolute atomic E-state index is 0.180. The van der Waals surface area contributed by atoms with Gasteiger partial charge in [-0.25, -0.2) is 4.79 Å². The molecule has 2 bridgehead atoms. The summed E-state index contributed by atoms with van der Waals surface area (Å²) in [6.45, 7) is 5.91. The van der Waals surface area contributed by atoms with E-state index >= 15 is 0 Å². The first kappa shape index (κ1) is 15.9. The summed E-state index contributed by atoms with van der Waals surface area (Å²) in [7, 11) is 0. The molecule has 6 heteroatoms. The molecular formula is C16H20Cl2N2O2. The van der Waals surface area contributed by atoms with Crippen LogP contribution in [0.4, 0.5) is 4.79 Å². The van der Waals surface area contributed by atoms with E-state index in [1.807, 2.05) is 0 Å². The Kier molecular flexibility index (Phi) is 3.61. The van der Waals surface area contributed by atoms with E-state index in [1.165, 1.54) is 12.5 Å². The fourth-order valence-electron chi connectivity index (χ4n) is 4.17. The summed E-state index contributed by atoms with van der Waals surface area (Å²) in [5.41, 5.74) is 2.68. The van der Waals surface area contributed by atoms with E-state index in [0.717, 1.165) is 18.4 Å². The predicted molar refractivity (Wildman–Crippen MR) is 86.7 cm³/mol. The fourth-order valence-corrected chi connectivity index (χ4v) is 4.73. The topological polar surface area (TPSA) is 58.2 Å². The van der Waals surface area contributed by atoms with E-state index in [9.17, 15) is 9.59 Å². The van der Waals surface area contributed by atoms with E-state index in [1.54, 1.807) is 0 Å². The highest BCUT2D eigenvalue weighted by Crippen LogP contribution is 2.61. The number of carbonyl (C=O) groups excluding carboxylic acids is 2. The average molecular weight is 343 g/mol. The van der Waals surface area contributed by atoms with Gasteiger partial charge in [-0.3, -0.25) is 4.79 Å². The maximum atomic E-state index is 12.3. The maximum absolute atomic E-state index is 12.3. The van der Waals surface area contributed by atoms with Crippen molar-refractivity contribution in [2.75, 3.05) is 0 Å². The lowest BCUT2D eigenvalue weighted by atomic mass is 9.47. The van der Waals surface area contributed by atoms with Gasteiger partial charge in [0.05, 0.1) is 11.7 Å². The monoisotopic (exact) mass is 342 g/mol. The molecule has 4 aliphatic rings. The van der Waals surface area contributed by atoms with Crippen LogP contribution in [0.1, 0.15) is 33.6 Å². The van der Waals surface area contributed by atoms with Gasteiger partial charge in [-0.05, 0) is 42.6 Å². The second-order valence-corrected chi connectivity index (χ2v) is 7.88. The molecule has 22 heavy (non-hydrogen) atoms. The van der Waals surface area contributed by atoms with Crippen molar-refractivity contribution >= 4 is 35.0 Å². The molecule has 1 heterocycles.